The second-order valence-corrected chi connectivity index (χ2v) is 12.8. The molecule has 0 saturated carbocycles. The first kappa shape index (κ1) is 35.0. The first-order valence-corrected chi connectivity index (χ1v) is 16.8. The summed E-state index contributed by atoms with van der Waals surface area (Å²) in [5, 5.41) is 23.0. The van der Waals surface area contributed by atoms with Crippen LogP contribution in [0.25, 0.3) is 11.1 Å². The molecule has 2 N–H and O–H groups in total. The molecule has 1 aliphatic heterocycles. The van der Waals surface area contributed by atoms with Gasteiger partial charge in [-0.15, -0.1) is 0 Å². The van der Waals surface area contributed by atoms with E-state index in [1.807, 2.05) is 18.2 Å². The third kappa shape index (κ3) is 7.63. The number of esters is 1. The van der Waals surface area contributed by atoms with E-state index < -0.39 is 23.9 Å². The Balaban J connectivity index is 1.28. The van der Waals surface area contributed by atoms with Gasteiger partial charge in [-0.25, -0.2) is 4.39 Å². The van der Waals surface area contributed by atoms with Crippen LogP contribution in [0.1, 0.15) is 61.1 Å². The summed E-state index contributed by atoms with van der Waals surface area (Å²) >= 11 is 6.82. The van der Waals surface area contributed by atoms with E-state index >= 15 is 4.39 Å². The minimum atomic E-state index is -1.04. The minimum absolute atomic E-state index is 0.0858. The van der Waals surface area contributed by atoms with Gasteiger partial charge in [0, 0.05) is 41.7 Å². The first-order chi connectivity index (χ1) is 24.1. The van der Waals surface area contributed by atoms with Crippen molar-refractivity contribution < 1.29 is 38.0 Å². The number of halogens is 2. The van der Waals surface area contributed by atoms with Crippen molar-refractivity contribution in [3.63, 3.8) is 0 Å². The minimum Gasteiger partial charge on any atom is -0.488 e. The molecule has 2 heterocycles. The Labute approximate surface area is 294 Å². The van der Waals surface area contributed by atoms with Gasteiger partial charge in [0.05, 0.1) is 22.8 Å². The number of aliphatic hydroxyl groups is 1. The van der Waals surface area contributed by atoms with Crippen LogP contribution in [0.3, 0.4) is 0 Å². The SMILES string of the molecule is CC(C)OC(=O)[C@@H](NCc1cc(Cl)c(OC2CCc3c(-c4ccc5c(c4F)OCCO5)cccc32)cc1OCc1cncc(C#N)c1)[C@@H](C)O. The number of pyridine rings is 1. The molecule has 0 fully saturated rings. The molecule has 0 amide bonds. The van der Waals surface area contributed by atoms with E-state index in [4.69, 9.17) is 35.3 Å². The summed E-state index contributed by atoms with van der Waals surface area (Å²) in [6.07, 6.45) is 2.59. The van der Waals surface area contributed by atoms with E-state index in [0.29, 0.717) is 64.0 Å². The third-order valence-corrected chi connectivity index (χ3v) is 8.75. The lowest BCUT2D eigenvalue weighted by Gasteiger charge is -2.23. The molecule has 10 nitrogen and oxygen atoms in total. The number of aliphatic hydroxyl groups excluding tert-OH is 1. The van der Waals surface area contributed by atoms with Gasteiger partial charge in [0.2, 0.25) is 0 Å². The number of hydrogen-bond donors (Lipinski definition) is 2. The normalized spacial score (nSPS) is 15.9. The molecule has 12 heteroatoms. The average Bonchev–Trinajstić information content (AvgIpc) is 3.51. The molecule has 0 spiro atoms. The fourth-order valence-corrected chi connectivity index (χ4v) is 6.37. The van der Waals surface area contributed by atoms with Gasteiger partial charge in [-0.2, -0.15) is 5.26 Å². The monoisotopic (exact) mass is 701 g/mol. The highest BCUT2D eigenvalue weighted by atomic mass is 35.5. The van der Waals surface area contributed by atoms with Gasteiger partial charge >= 0.3 is 5.97 Å². The molecular formula is C38H37ClFN3O7. The Morgan fingerprint density at radius 1 is 1.12 bits per heavy atom. The van der Waals surface area contributed by atoms with Gasteiger partial charge < -0.3 is 28.8 Å². The summed E-state index contributed by atoms with van der Waals surface area (Å²) in [5.74, 6) is 0.250. The Morgan fingerprint density at radius 2 is 1.94 bits per heavy atom. The lowest BCUT2D eigenvalue weighted by atomic mass is 9.96. The molecule has 1 aliphatic carbocycles. The van der Waals surface area contributed by atoms with Gasteiger partial charge in [-0.3, -0.25) is 15.1 Å². The van der Waals surface area contributed by atoms with Crippen molar-refractivity contribution in [2.24, 2.45) is 0 Å². The first-order valence-electron chi connectivity index (χ1n) is 16.4. The predicted octanol–water partition coefficient (Wildman–Crippen LogP) is 6.62. The molecule has 50 heavy (non-hydrogen) atoms. The van der Waals surface area contributed by atoms with Crippen LogP contribution in [-0.4, -0.2) is 47.5 Å². The summed E-state index contributed by atoms with van der Waals surface area (Å²) < 4.78 is 44.9. The number of hydrogen-bond acceptors (Lipinski definition) is 10. The number of nitrogens with one attached hydrogen (secondary N) is 1. The summed E-state index contributed by atoms with van der Waals surface area (Å²) in [6.45, 7) is 5.82. The molecule has 6 rings (SSSR count). The van der Waals surface area contributed by atoms with E-state index in [1.54, 1.807) is 50.4 Å². The van der Waals surface area contributed by atoms with Crippen molar-refractivity contribution >= 4 is 17.6 Å². The highest BCUT2D eigenvalue weighted by molar-refractivity contribution is 6.32. The zero-order chi connectivity index (χ0) is 35.4. The summed E-state index contributed by atoms with van der Waals surface area (Å²) in [7, 11) is 0. The van der Waals surface area contributed by atoms with E-state index in [9.17, 15) is 15.2 Å². The number of ether oxygens (including phenoxy) is 5. The van der Waals surface area contributed by atoms with E-state index in [-0.39, 0.29) is 37.7 Å². The standard InChI is InChI=1S/C38H37ClFN3O7/c1-21(2)49-38(45)36(22(3)44)43-19-25-14-30(39)34(15-33(25)48-20-24-13-23(16-41)17-42-18-24)50-31-9-7-27-26(5-4-6-28(27)31)29-8-10-32-37(35(29)40)47-12-11-46-32/h4-6,8,10,13-15,17-18,21-22,31,36,43-44H,7,9,11-12,19-20H2,1-3H3/t22-,31?,36+/m1/s1. The molecule has 260 valence electrons. The van der Waals surface area contributed by atoms with Crippen LogP contribution in [0.5, 0.6) is 23.0 Å². The number of nitrogens with zero attached hydrogens (tertiary/aromatic N) is 2. The third-order valence-electron chi connectivity index (χ3n) is 8.46. The maximum absolute atomic E-state index is 15.6. The number of benzene rings is 3. The van der Waals surface area contributed by atoms with Crippen LogP contribution >= 0.6 is 11.6 Å². The number of rotatable bonds is 12. The highest BCUT2D eigenvalue weighted by Crippen LogP contribution is 2.45. The van der Waals surface area contributed by atoms with Crippen molar-refractivity contribution in [3.05, 3.63) is 99.6 Å². The van der Waals surface area contributed by atoms with Crippen molar-refractivity contribution in [1.82, 2.24) is 10.3 Å². The van der Waals surface area contributed by atoms with Crippen molar-refractivity contribution in [3.8, 4) is 40.2 Å². The van der Waals surface area contributed by atoms with Gasteiger partial charge in [0.15, 0.2) is 17.3 Å². The fraction of sp³-hybridized carbons (Fsp3) is 0.342. The van der Waals surface area contributed by atoms with E-state index in [1.165, 1.54) is 13.1 Å². The van der Waals surface area contributed by atoms with Crippen molar-refractivity contribution in [2.45, 2.75) is 71.1 Å². The van der Waals surface area contributed by atoms with E-state index in [0.717, 1.165) is 16.7 Å². The molecule has 1 aromatic heterocycles. The maximum Gasteiger partial charge on any atom is 0.326 e. The van der Waals surface area contributed by atoms with E-state index in [2.05, 4.69) is 16.4 Å². The highest BCUT2D eigenvalue weighted by Gasteiger charge is 2.30. The number of carbonyl (C=O) groups is 1. The number of nitriles is 1. The van der Waals surface area contributed by atoms with Crippen LogP contribution in [0.15, 0.2) is 60.9 Å². The molecule has 0 bridgehead atoms. The van der Waals surface area contributed by atoms with Crippen LogP contribution in [0, 0.1) is 17.1 Å². The smallest absolute Gasteiger partial charge is 0.326 e. The summed E-state index contributed by atoms with van der Waals surface area (Å²) in [6, 6.07) is 15.3. The van der Waals surface area contributed by atoms with Gasteiger partial charge in [0.25, 0.3) is 0 Å². The average molecular weight is 702 g/mol. The van der Waals surface area contributed by atoms with Crippen LogP contribution in [0.2, 0.25) is 5.02 Å². The predicted molar refractivity (Wildman–Crippen MR) is 183 cm³/mol. The molecule has 3 atom stereocenters. The topological polar surface area (TPSA) is 132 Å². The molecule has 1 unspecified atom stereocenters. The second-order valence-electron chi connectivity index (χ2n) is 12.4. The molecule has 0 radical (unpaired) electrons. The van der Waals surface area contributed by atoms with Gasteiger partial charge in [-0.1, -0.05) is 29.8 Å². The summed E-state index contributed by atoms with van der Waals surface area (Å²) in [4.78, 5) is 16.8. The number of aromatic nitrogens is 1. The number of carbonyl (C=O) groups excluding carboxylic acids is 1. The largest absolute Gasteiger partial charge is 0.488 e. The van der Waals surface area contributed by atoms with Gasteiger partial charge in [-0.05, 0) is 74.6 Å². The van der Waals surface area contributed by atoms with Gasteiger partial charge in [0.1, 0.15) is 49.5 Å². The van der Waals surface area contributed by atoms with Crippen LogP contribution in [0.4, 0.5) is 4.39 Å². The van der Waals surface area contributed by atoms with Crippen molar-refractivity contribution in [1.29, 1.82) is 5.26 Å². The zero-order valence-corrected chi connectivity index (χ0v) is 28.6. The summed E-state index contributed by atoms with van der Waals surface area (Å²) in [5.41, 5.74) is 4.75. The molecule has 3 aromatic carbocycles. The quantitative estimate of drug-likeness (QED) is 0.155. The fourth-order valence-electron chi connectivity index (χ4n) is 6.14. The molecular weight excluding hydrogens is 665 g/mol. The van der Waals surface area contributed by atoms with Crippen LogP contribution < -0.4 is 24.3 Å². The lowest BCUT2D eigenvalue weighted by molar-refractivity contribution is -0.152. The second kappa shape index (κ2) is 15.3. The van der Waals surface area contributed by atoms with Crippen molar-refractivity contribution in [2.75, 3.05) is 13.2 Å². The lowest BCUT2D eigenvalue weighted by Crippen LogP contribution is -2.46. The Morgan fingerprint density at radius 3 is 2.72 bits per heavy atom. The zero-order valence-electron chi connectivity index (χ0n) is 27.9. The maximum atomic E-state index is 15.6. The molecule has 4 aromatic rings. The van der Waals surface area contributed by atoms with Crippen LogP contribution in [-0.2, 0) is 29.1 Å². The number of fused-ring (bicyclic) bond motifs is 2. The Kier molecular flexibility index (Phi) is 10.7. The Bertz CT molecular complexity index is 1930. The Hall–Kier alpha value is -4.89. The molecule has 2 aliphatic rings. The molecule has 0 saturated heterocycles.